The van der Waals surface area contributed by atoms with Crippen LogP contribution in [0.3, 0.4) is 0 Å². The summed E-state index contributed by atoms with van der Waals surface area (Å²) < 4.78 is 5.49. The Labute approximate surface area is 104 Å². The van der Waals surface area contributed by atoms with Gasteiger partial charge >= 0.3 is 0 Å². The highest BCUT2D eigenvalue weighted by Gasteiger charge is 2.40. The molecule has 2 fully saturated rings. The molecule has 96 valence electrons. The first-order chi connectivity index (χ1) is 8.29. The van der Waals surface area contributed by atoms with Crippen LogP contribution in [0, 0.1) is 11.3 Å². The van der Waals surface area contributed by atoms with E-state index < -0.39 is 0 Å². The second kappa shape index (κ2) is 5.81. The van der Waals surface area contributed by atoms with Gasteiger partial charge in [0.15, 0.2) is 0 Å². The highest BCUT2D eigenvalue weighted by molar-refractivity contribution is 5.13. The average molecular weight is 237 g/mol. The maximum atomic E-state index is 9.36. The third kappa shape index (κ3) is 2.98. The van der Waals surface area contributed by atoms with Crippen LogP contribution in [0.5, 0.6) is 0 Å². The Morgan fingerprint density at radius 2 is 2.35 bits per heavy atom. The lowest BCUT2D eigenvalue weighted by Crippen LogP contribution is -2.44. The van der Waals surface area contributed by atoms with Crippen molar-refractivity contribution in [3.63, 3.8) is 0 Å². The number of nitrogens with one attached hydrogen (secondary N) is 1. The molecule has 0 aromatic heterocycles. The van der Waals surface area contributed by atoms with Gasteiger partial charge in [-0.25, -0.2) is 0 Å². The number of rotatable bonds is 3. The molecule has 2 atom stereocenters. The molecule has 1 heterocycles. The van der Waals surface area contributed by atoms with Gasteiger partial charge in [0.2, 0.25) is 0 Å². The molecule has 0 radical (unpaired) electrons. The molecule has 0 bridgehead atoms. The predicted molar refractivity (Wildman–Crippen MR) is 66.7 cm³/mol. The minimum atomic E-state index is -0.271. The molecule has 0 aromatic rings. The number of ether oxygens (including phenoxy) is 1. The lowest BCUT2D eigenvalue weighted by molar-refractivity contribution is 0.131. The molecule has 0 spiro atoms. The Bertz CT molecular complexity index is 281. The summed E-state index contributed by atoms with van der Waals surface area (Å²) in [5, 5.41) is 12.7. The van der Waals surface area contributed by atoms with Crippen molar-refractivity contribution in [2.45, 2.75) is 44.2 Å². The van der Waals surface area contributed by atoms with Crippen LogP contribution in [0.15, 0.2) is 0 Å². The second-order valence-electron chi connectivity index (χ2n) is 5.12. The highest BCUT2D eigenvalue weighted by atomic mass is 16.5. The Balaban J connectivity index is 1.93. The summed E-state index contributed by atoms with van der Waals surface area (Å²) in [5.41, 5.74) is -0.271. The molecule has 17 heavy (non-hydrogen) atoms. The van der Waals surface area contributed by atoms with Gasteiger partial charge in [-0.3, -0.25) is 10.2 Å². The lowest BCUT2D eigenvalue weighted by Gasteiger charge is -2.28. The van der Waals surface area contributed by atoms with Crippen LogP contribution in [-0.2, 0) is 4.74 Å². The Morgan fingerprint density at radius 3 is 3.12 bits per heavy atom. The first kappa shape index (κ1) is 12.8. The molecule has 2 rings (SSSR count). The Kier molecular flexibility index (Phi) is 4.38. The van der Waals surface area contributed by atoms with Crippen molar-refractivity contribution in [2.24, 2.45) is 0 Å². The summed E-state index contributed by atoms with van der Waals surface area (Å²) >= 11 is 0. The van der Waals surface area contributed by atoms with Gasteiger partial charge in [-0.1, -0.05) is 6.92 Å². The summed E-state index contributed by atoms with van der Waals surface area (Å²) in [4.78, 5) is 2.52. The second-order valence-corrected chi connectivity index (χ2v) is 5.12. The van der Waals surface area contributed by atoms with Gasteiger partial charge in [-0.05, 0) is 32.2 Å². The first-order valence-electron chi connectivity index (χ1n) is 6.78. The number of hydrogen-bond donors (Lipinski definition) is 1. The van der Waals surface area contributed by atoms with Crippen molar-refractivity contribution in [1.29, 1.82) is 5.26 Å². The molecule has 4 nitrogen and oxygen atoms in total. The largest absolute Gasteiger partial charge is 0.380 e. The SMILES string of the molecule is CCNC1(C#N)CCC(N2CCCOCC2)C1. The van der Waals surface area contributed by atoms with Crippen molar-refractivity contribution < 1.29 is 4.74 Å². The average Bonchev–Trinajstić information content (AvgIpc) is 2.60. The normalized spacial score (nSPS) is 35.4. The zero-order valence-electron chi connectivity index (χ0n) is 10.7. The van der Waals surface area contributed by atoms with Crippen molar-refractivity contribution in [1.82, 2.24) is 10.2 Å². The monoisotopic (exact) mass is 237 g/mol. The molecular formula is C13H23N3O. The van der Waals surface area contributed by atoms with Crippen molar-refractivity contribution in [2.75, 3.05) is 32.8 Å². The van der Waals surface area contributed by atoms with E-state index in [1.54, 1.807) is 0 Å². The van der Waals surface area contributed by atoms with E-state index in [-0.39, 0.29) is 5.54 Å². The Hall–Kier alpha value is -0.630. The molecule has 1 aliphatic carbocycles. The fourth-order valence-electron chi connectivity index (χ4n) is 3.10. The summed E-state index contributed by atoms with van der Waals surface area (Å²) in [5.74, 6) is 0. The van der Waals surface area contributed by atoms with Crippen LogP contribution in [0.2, 0.25) is 0 Å². The van der Waals surface area contributed by atoms with Gasteiger partial charge < -0.3 is 4.74 Å². The molecule has 0 aromatic carbocycles. The number of nitriles is 1. The number of hydrogen-bond acceptors (Lipinski definition) is 4. The predicted octanol–water partition coefficient (Wildman–Crippen LogP) is 1.13. The van der Waals surface area contributed by atoms with Crippen LogP contribution in [-0.4, -0.2) is 49.3 Å². The fraction of sp³-hybridized carbons (Fsp3) is 0.923. The zero-order valence-corrected chi connectivity index (χ0v) is 10.7. The van der Waals surface area contributed by atoms with E-state index in [2.05, 4.69) is 23.2 Å². The van der Waals surface area contributed by atoms with E-state index >= 15 is 0 Å². The summed E-state index contributed by atoms with van der Waals surface area (Å²) in [6.45, 7) is 6.84. The van der Waals surface area contributed by atoms with E-state index in [1.807, 2.05) is 0 Å². The summed E-state index contributed by atoms with van der Waals surface area (Å²) in [6, 6.07) is 3.06. The fourth-order valence-corrected chi connectivity index (χ4v) is 3.10. The smallest absolute Gasteiger partial charge is 0.108 e. The molecule has 1 saturated heterocycles. The summed E-state index contributed by atoms with van der Waals surface area (Å²) in [6.07, 6.45) is 4.22. The first-order valence-corrected chi connectivity index (χ1v) is 6.78. The quantitative estimate of drug-likeness (QED) is 0.799. The highest BCUT2D eigenvalue weighted by Crippen LogP contribution is 2.33. The van der Waals surface area contributed by atoms with Crippen molar-refractivity contribution in [3.8, 4) is 6.07 Å². The van der Waals surface area contributed by atoms with Crippen molar-refractivity contribution in [3.05, 3.63) is 0 Å². The third-order valence-electron chi connectivity index (χ3n) is 3.99. The van der Waals surface area contributed by atoms with E-state index in [0.29, 0.717) is 6.04 Å². The molecule has 4 heteroatoms. The zero-order chi connectivity index (χ0) is 12.1. The maximum Gasteiger partial charge on any atom is 0.108 e. The molecule has 2 aliphatic rings. The van der Waals surface area contributed by atoms with Gasteiger partial charge in [-0.2, -0.15) is 5.26 Å². The summed E-state index contributed by atoms with van der Waals surface area (Å²) in [7, 11) is 0. The van der Waals surface area contributed by atoms with Gasteiger partial charge in [-0.15, -0.1) is 0 Å². The number of nitrogens with zero attached hydrogens (tertiary/aromatic N) is 2. The van der Waals surface area contributed by atoms with Gasteiger partial charge in [0.1, 0.15) is 5.54 Å². The maximum absolute atomic E-state index is 9.36. The molecule has 1 aliphatic heterocycles. The van der Waals surface area contributed by atoms with Crippen LogP contribution < -0.4 is 5.32 Å². The van der Waals surface area contributed by atoms with Gasteiger partial charge in [0.25, 0.3) is 0 Å². The van der Waals surface area contributed by atoms with E-state index in [1.165, 1.54) is 0 Å². The van der Waals surface area contributed by atoms with Crippen LogP contribution >= 0.6 is 0 Å². The van der Waals surface area contributed by atoms with Crippen LogP contribution in [0.25, 0.3) is 0 Å². The molecule has 1 N–H and O–H groups in total. The third-order valence-corrected chi connectivity index (χ3v) is 3.99. The van der Waals surface area contributed by atoms with E-state index in [9.17, 15) is 5.26 Å². The molecule has 0 amide bonds. The Morgan fingerprint density at radius 1 is 1.47 bits per heavy atom. The lowest BCUT2D eigenvalue weighted by atomic mass is 9.99. The standard InChI is InChI=1S/C13H23N3O/c1-2-15-13(11-14)5-4-12(10-13)16-6-3-8-17-9-7-16/h12,15H,2-10H2,1H3. The molecular weight excluding hydrogens is 214 g/mol. The van der Waals surface area contributed by atoms with Crippen LogP contribution in [0.1, 0.15) is 32.6 Å². The molecule has 1 saturated carbocycles. The van der Waals surface area contributed by atoms with Gasteiger partial charge in [0.05, 0.1) is 12.7 Å². The molecule has 2 unspecified atom stereocenters. The van der Waals surface area contributed by atoms with E-state index in [4.69, 9.17) is 4.74 Å². The topological polar surface area (TPSA) is 48.3 Å². The van der Waals surface area contributed by atoms with Crippen molar-refractivity contribution >= 4 is 0 Å². The minimum Gasteiger partial charge on any atom is -0.380 e. The van der Waals surface area contributed by atoms with Gasteiger partial charge in [0, 0.05) is 25.7 Å². The van der Waals surface area contributed by atoms with E-state index in [0.717, 1.165) is 58.5 Å². The minimum absolute atomic E-state index is 0.271. The van der Waals surface area contributed by atoms with Crippen LogP contribution in [0.4, 0.5) is 0 Å².